The predicted octanol–water partition coefficient (Wildman–Crippen LogP) is 3.62. The van der Waals surface area contributed by atoms with Gasteiger partial charge in [0.1, 0.15) is 11.5 Å². The van der Waals surface area contributed by atoms with Crippen molar-refractivity contribution in [1.82, 2.24) is 4.31 Å². The van der Waals surface area contributed by atoms with Crippen LogP contribution in [0.15, 0.2) is 47.4 Å². The summed E-state index contributed by atoms with van der Waals surface area (Å²) in [5.74, 6) is 1.21. The highest BCUT2D eigenvalue weighted by atomic mass is 32.2. The Morgan fingerprint density at radius 2 is 1.73 bits per heavy atom. The highest BCUT2D eigenvalue weighted by molar-refractivity contribution is 7.89. The molecule has 2 unspecified atom stereocenters. The first-order chi connectivity index (χ1) is 14.2. The Kier molecular flexibility index (Phi) is 6.67. The summed E-state index contributed by atoms with van der Waals surface area (Å²) in [5.41, 5.74) is 0.688. The molecular weight excluding hydrogens is 404 g/mol. The van der Waals surface area contributed by atoms with E-state index in [1.54, 1.807) is 30.3 Å². The lowest BCUT2D eigenvalue weighted by Gasteiger charge is -2.34. The molecule has 8 heteroatoms. The Labute approximate surface area is 178 Å². The molecule has 1 aliphatic heterocycles. The van der Waals surface area contributed by atoms with E-state index >= 15 is 0 Å². The van der Waals surface area contributed by atoms with E-state index in [0.717, 1.165) is 6.42 Å². The summed E-state index contributed by atoms with van der Waals surface area (Å²) < 4.78 is 38.3. The van der Waals surface area contributed by atoms with E-state index in [9.17, 15) is 13.2 Å². The topological polar surface area (TPSA) is 84.9 Å². The van der Waals surface area contributed by atoms with Crippen molar-refractivity contribution in [3.8, 4) is 11.5 Å². The molecule has 2 aromatic carbocycles. The standard InChI is InChI=1S/C22H28N2O5S/c1-15-10-16(2)14-24(13-15)30(26,27)19-7-5-6-17(11-19)22(25)23-20-12-18(28-3)8-9-21(20)29-4/h5-9,11-12,15-16H,10,13-14H2,1-4H3,(H,23,25). The summed E-state index contributed by atoms with van der Waals surface area (Å²) in [5, 5.41) is 2.77. The third-order valence-corrected chi connectivity index (χ3v) is 7.05. The average Bonchev–Trinajstić information content (AvgIpc) is 2.73. The van der Waals surface area contributed by atoms with Gasteiger partial charge in [-0.3, -0.25) is 4.79 Å². The molecule has 7 nitrogen and oxygen atoms in total. The molecule has 1 fully saturated rings. The summed E-state index contributed by atoms with van der Waals surface area (Å²) in [7, 11) is -0.635. The number of methoxy groups -OCH3 is 2. The van der Waals surface area contributed by atoms with E-state index in [-0.39, 0.29) is 10.5 Å². The largest absolute Gasteiger partial charge is 0.497 e. The molecule has 0 saturated carbocycles. The SMILES string of the molecule is COc1ccc(OC)c(NC(=O)c2cccc(S(=O)(=O)N3CC(C)CC(C)C3)c2)c1. The molecule has 0 spiro atoms. The summed E-state index contributed by atoms with van der Waals surface area (Å²) in [4.78, 5) is 12.9. The maximum atomic E-state index is 13.2. The lowest BCUT2D eigenvalue weighted by atomic mass is 9.94. The van der Waals surface area contributed by atoms with Gasteiger partial charge in [0.25, 0.3) is 5.91 Å². The van der Waals surface area contributed by atoms with Gasteiger partial charge in [-0.1, -0.05) is 19.9 Å². The van der Waals surface area contributed by atoms with Crippen molar-refractivity contribution < 1.29 is 22.7 Å². The number of carbonyl (C=O) groups is 1. The van der Waals surface area contributed by atoms with E-state index < -0.39 is 15.9 Å². The number of rotatable bonds is 6. The number of ether oxygens (including phenoxy) is 2. The number of nitrogens with one attached hydrogen (secondary N) is 1. The van der Waals surface area contributed by atoms with Gasteiger partial charge < -0.3 is 14.8 Å². The minimum absolute atomic E-state index is 0.119. The van der Waals surface area contributed by atoms with Gasteiger partial charge in [0.15, 0.2) is 0 Å². The molecule has 1 N–H and O–H groups in total. The molecule has 30 heavy (non-hydrogen) atoms. The van der Waals surface area contributed by atoms with Crippen molar-refractivity contribution in [2.24, 2.45) is 11.8 Å². The maximum Gasteiger partial charge on any atom is 0.255 e. The van der Waals surface area contributed by atoms with Gasteiger partial charge in [-0.2, -0.15) is 4.31 Å². The van der Waals surface area contributed by atoms with Gasteiger partial charge in [-0.15, -0.1) is 0 Å². The second-order valence-electron chi connectivity index (χ2n) is 7.82. The zero-order valence-electron chi connectivity index (χ0n) is 17.7. The fraction of sp³-hybridized carbons (Fsp3) is 0.409. The van der Waals surface area contributed by atoms with Crippen molar-refractivity contribution >= 4 is 21.6 Å². The lowest BCUT2D eigenvalue weighted by molar-refractivity contribution is 0.102. The van der Waals surface area contributed by atoms with Gasteiger partial charge in [0.05, 0.1) is 24.8 Å². The predicted molar refractivity (Wildman–Crippen MR) is 116 cm³/mol. The van der Waals surface area contributed by atoms with Crippen LogP contribution in [0, 0.1) is 11.8 Å². The number of piperidine rings is 1. The van der Waals surface area contributed by atoms with Crippen LogP contribution < -0.4 is 14.8 Å². The van der Waals surface area contributed by atoms with Crippen LogP contribution in [-0.4, -0.2) is 45.9 Å². The molecule has 1 amide bonds. The third-order valence-electron chi connectivity index (χ3n) is 5.22. The molecule has 0 radical (unpaired) electrons. The quantitative estimate of drug-likeness (QED) is 0.754. The van der Waals surface area contributed by atoms with E-state index in [0.29, 0.717) is 42.1 Å². The average molecular weight is 433 g/mol. The number of anilines is 1. The summed E-state index contributed by atoms with van der Waals surface area (Å²) >= 11 is 0. The van der Waals surface area contributed by atoms with Crippen LogP contribution in [0.5, 0.6) is 11.5 Å². The Hall–Kier alpha value is -2.58. The molecule has 162 valence electrons. The number of hydrogen-bond acceptors (Lipinski definition) is 5. The number of carbonyl (C=O) groups excluding carboxylic acids is 1. The van der Waals surface area contributed by atoms with Crippen LogP contribution in [0.25, 0.3) is 0 Å². The molecule has 2 atom stereocenters. The fourth-order valence-electron chi connectivity index (χ4n) is 3.86. The Morgan fingerprint density at radius 1 is 1.03 bits per heavy atom. The second-order valence-corrected chi connectivity index (χ2v) is 9.75. The van der Waals surface area contributed by atoms with E-state index in [1.165, 1.54) is 30.7 Å². The number of amides is 1. The minimum atomic E-state index is -3.67. The molecule has 1 aliphatic rings. The van der Waals surface area contributed by atoms with Crippen molar-refractivity contribution in [1.29, 1.82) is 0 Å². The Morgan fingerprint density at radius 3 is 2.37 bits per heavy atom. The summed E-state index contributed by atoms with van der Waals surface area (Å²) in [6.07, 6.45) is 1.01. The van der Waals surface area contributed by atoms with Crippen LogP contribution in [0.2, 0.25) is 0 Å². The van der Waals surface area contributed by atoms with E-state index in [4.69, 9.17) is 9.47 Å². The molecular formula is C22H28N2O5S. The monoisotopic (exact) mass is 432 g/mol. The normalized spacial score (nSPS) is 19.9. The maximum absolute atomic E-state index is 13.2. The lowest BCUT2D eigenvalue weighted by Crippen LogP contribution is -2.42. The van der Waals surface area contributed by atoms with Gasteiger partial charge in [-0.05, 0) is 48.6 Å². The number of sulfonamides is 1. The first kappa shape index (κ1) is 22.1. The fourth-order valence-corrected chi connectivity index (χ4v) is 5.58. The van der Waals surface area contributed by atoms with Crippen LogP contribution in [0.1, 0.15) is 30.6 Å². The van der Waals surface area contributed by atoms with Crippen molar-refractivity contribution in [3.05, 3.63) is 48.0 Å². The molecule has 0 bridgehead atoms. The number of nitrogens with zero attached hydrogens (tertiary/aromatic N) is 1. The minimum Gasteiger partial charge on any atom is -0.497 e. The summed E-state index contributed by atoms with van der Waals surface area (Å²) in [6.45, 7) is 5.10. The molecule has 2 aromatic rings. The van der Waals surface area contributed by atoms with Gasteiger partial charge in [0.2, 0.25) is 10.0 Å². The van der Waals surface area contributed by atoms with Crippen LogP contribution >= 0.6 is 0 Å². The van der Waals surface area contributed by atoms with Gasteiger partial charge >= 0.3 is 0 Å². The van der Waals surface area contributed by atoms with Crippen LogP contribution in [-0.2, 0) is 10.0 Å². The molecule has 3 rings (SSSR count). The van der Waals surface area contributed by atoms with Crippen molar-refractivity contribution in [3.63, 3.8) is 0 Å². The first-order valence-electron chi connectivity index (χ1n) is 9.88. The summed E-state index contributed by atoms with van der Waals surface area (Å²) in [6, 6.07) is 11.2. The zero-order valence-corrected chi connectivity index (χ0v) is 18.5. The van der Waals surface area contributed by atoms with Gasteiger partial charge in [-0.25, -0.2) is 8.42 Å². The first-order valence-corrected chi connectivity index (χ1v) is 11.3. The van der Waals surface area contributed by atoms with Crippen molar-refractivity contribution in [2.45, 2.75) is 25.2 Å². The number of benzene rings is 2. The number of hydrogen-bond donors (Lipinski definition) is 1. The van der Waals surface area contributed by atoms with Gasteiger partial charge in [0, 0.05) is 24.7 Å². The second kappa shape index (κ2) is 9.06. The Balaban J connectivity index is 1.86. The third kappa shape index (κ3) is 4.76. The van der Waals surface area contributed by atoms with E-state index in [2.05, 4.69) is 19.2 Å². The van der Waals surface area contributed by atoms with E-state index in [1.807, 2.05) is 0 Å². The highest BCUT2D eigenvalue weighted by Crippen LogP contribution is 2.30. The zero-order chi connectivity index (χ0) is 21.9. The smallest absolute Gasteiger partial charge is 0.255 e. The molecule has 1 saturated heterocycles. The Bertz CT molecular complexity index is 1010. The van der Waals surface area contributed by atoms with Crippen LogP contribution in [0.3, 0.4) is 0 Å². The molecule has 0 aromatic heterocycles. The van der Waals surface area contributed by atoms with Crippen molar-refractivity contribution in [2.75, 3.05) is 32.6 Å². The molecule has 0 aliphatic carbocycles. The highest BCUT2D eigenvalue weighted by Gasteiger charge is 2.32. The van der Waals surface area contributed by atoms with Crippen LogP contribution in [0.4, 0.5) is 5.69 Å². The molecule has 1 heterocycles.